The number of sulfonamides is 1. The molecular weight excluding hydrogens is 322 g/mol. The molecule has 0 aliphatic heterocycles. The van der Waals surface area contributed by atoms with Crippen LogP contribution in [0.3, 0.4) is 0 Å². The van der Waals surface area contributed by atoms with Crippen molar-refractivity contribution in [2.75, 3.05) is 12.0 Å². The van der Waals surface area contributed by atoms with E-state index >= 15 is 0 Å². The van der Waals surface area contributed by atoms with Crippen molar-refractivity contribution in [2.45, 2.75) is 24.3 Å². The maximum Gasteiger partial charge on any atom is 0.335 e. The highest BCUT2D eigenvalue weighted by molar-refractivity contribution is 7.98. The van der Waals surface area contributed by atoms with Crippen molar-refractivity contribution in [2.24, 2.45) is 0 Å². The number of rotatable bonds is 7. The summed E-state index contributed by atoms with van der Waals surface area (Å²) >= 11 is 7.40. The molecule has 8 heteroatoms. The molecule has 0 radical (unpaired) electrons. The highest BCUT2D eigenvalue weighted by Gasteiger charge is 2.23. The molecule has 0 saturated heterocycles. The van der Waals surface area contributed by atoms with E-state index in [0.29, 0.717) is 12.2 Å². The van der Waals surface area contributed by atoms with Crippen LogP contribution in [-0.4, -0.2) is 37.5 Å². The second-order valence-electron chi connectivity index (χ2n) is 4.13. The maximum absolute atomic E-state index is 12.3. The first-order chi connectivity index (χ1) is 9.31. The summed E-state index contributed by atoms with van der Waals surface area (Å²) < 4.78 is 27.1. The summed E-state index contributed by atoms with van der Waals surface area (Å²) in [7, 11) is -3.84. The third-order valence-electron chi connectivity index (χ3n) is 2.65. The quantitative estimate of drug-likeness (QED) is 0.798. The third kappa shape index (κ3) is 4.37. The third-order valence-corrected chi connectivity index (χ3v) is 5.39. The van der Waals surface area contributed by atoms with E-state index < -0.39 is 16.0 Å². The molecule has 20 heavy (non-hydrogen) atoms. The van der Waals surface area contributed by atoms with Crippen molar-refractivity contribution < 1.29 is 18.3 Å². The van der Waals surface area contributed by atoms with Crippen LogP contribution in [0.2, 0.25) is 5.02 Å². The molecule has 112 valence electrons. The summed E-state index contributed by atoms with van der Waals surface area (Å²) in [5, 5.41) is 8.92. The van der Waals surface area contributed by atoms with Gasteiger partial charge in [0.05, 0.1) is 10.6 Å². The molecule has 2 N–H and O–H groups in total. The average Bonchev–Trinajstić information content (AvgIpc) is 2.37. The van der Waals surface area contributed by atoms with E-state index in [2.05, 4.69) is 4.72 Å². The first kappa shape index (κ1) is 17.3. The van der Waals surface area contributed by atoms with Gasteiger partial charge in [0, 0.05) is 11.8 Å². The van der Waals surface area contributed by atoms with Gasteiger partial charge >= 0.3 is 5.97 Å². The van der Waals surface area contributed by atoms with Gasteiger partial charge in [-0.15, -0.1) is 0 Å². The lowest BCUT2D eigenvalue weighted by Crippen LogP contribution is -2.36. The van der Waals surface area contributed by atoms with E-state index in [-0.39, 0.29) is 21.5 Å². The molecule has 0 saturated carbocycles. The maximum atomic E-state index is 12.3. The van der Waals surface area contributed by atoms with Crippen molar-refractivity contribution in [3.8, 4) is 0 Å². The number of hydrogen-bond acceptors (Lipinski definition) is 4. The Morgan fingerprint density at radius 2 is 2.15 bits per heavy atom. The standard InChI is InChI=1S/C12H16ClNO4S2/c1-3-9(7-19-2)14-20(17,18)11-6-8(12(15)16)4-5-10(11)13/h4-6,9,14H,3,7H2,1-2H3,(H,15,16). The lowest BCUT2D eigenvalue weighted by atomic mass is 10.2. The van der Waals surface area contributed by atoms with Gasteiger partial charge in [-0.05, 0) is 30.9 Å². The van der Waals surface area contributed by atoms with Gasteiger partial charge in [-0.1, -0.05) is 18.5 Å². The van der Waals surface area contributed by atoms with Gasteiger partial charge in [-0.2, -0.15) is 11.8 Å². The molecule has 1 rings (SSSR count). The molecule has 0 amide bonds. The number of aromatic carboxylic acids is 1. The fourth-order valence-corrected chi connectivity index (χ4v) is 4.23. The van der Waals surface area contributed by atoms with Gasteiger partial charge in [-0.25, -0.2) is 17.9 Å². The van der Waals surface area contributed by atoms with Gasteiger partial charge in [0.1, 0.15) is 4.90 Å². The molecular formula is C12H16ClNO4S2. The average molecular weight is 338 g/mol. The Morgan fingerprint density at radius 1 is 1.50 bits per heavy atom. The van der Waals surface area contributed by atoms with Crippen LogP contribution in [-0.2, 0) is 10.0 Å². The van der Waals surface area contributed by atoms with Gasteiger partial charge in [0.15, 0.2) is 0 Å². The molecule has 0 spiro atoms. The van der Waals surface area contributed by atoms with Crippen LogP contribution in [0.15, 0.2) is 23.1 Å². The van der Waals surface area contributed by atoms with Crippen molar-refractivity contribution >= 4 is 39.4 Å². The molecule has 0 aromatic heterocycles. The minimum absolute atomic E-state index is 0.00139. The monoisotopic (exact) mass is 337 g/mol. The Labute approximate surface area is 127 Å². The SMILES string of the molecule is CCC(CSC)NS(=O)(=O)c1cc(C(=O)O)ccc1Cl. The van der Waals surface area contributed by atoms with Gasteiger partial charge in [-0.3, -0.25) is 0 Å². The fourth-order valence-electron chi connectivity index (χ4n) is 1.56. The van der Waals surface area contributed by atoms with Crippen LogP contribution >= 0.6 is 23.4 Å². The zero-order chi connectivity index (χ0) is 15.3. The topological polar surface area (TPSA) is 83.5 Å². The molecule has 0 aliphatic rings. The van der Waals surface area contributed by atoms with Gasteiger partial charge < -0.3 is 5.11 Å². The summed E-state index contributed by atoms with van der Waals surface area (Å²) in [4.78, 5) is 10.7. The number of nitrogens with one attached hydrogen (secondary N) is 1. The van der Waals surface area contributed by atoms with Crippen LogP contribution in [0, 0.1) is 0 Å². The summed E-state index contributed by atoms with van der Waals surface area (Å²) in [6.07, 6.45) is 2.52. The van der Waals surface area contributed by atoms with Crippen LogP contribution in [0.1, 0.15) is 23.7 Å². The van der Waals surface area contributed by atoms with E-state index in [1.54, 1.807) is 0 Å². The van der Waals surface area contributed by atoms with Gasteiger partial charge in [0.25, 0.3) is 0 Å². The van der Waals surface area contributed by atoms with Crippen LogP contribution in [0.5, 0.6) is 0 Å². The molecule has 5 nitrogen and oxygen atoms in total. The lowest BCUT2D eigenvalue weighted by molar-refractivity contribution is 0.0696. The summed E-state index contributed by atoms with van der Waals surface area (Å²) in [5.74, 6) is -0.569. The van der Waals surface area contributed by atoms with Crippen LogP contribution in [0.25, 0.3) is 0 Å². The number of halogens is 1. The molecule has 0 fully saturated rings. The molecule has 1 aromatic carbocycles. The molecule has 1 atom stereocenters. The van der Waals surface area contributed by atoms with Crippen LogP contribution in [0.4, 0.5) is 0 Å². The minimum atomic E-state index is -3.84. The van der Waals surface area contributed by atoms with Crippen LogP contribution < -0.4 is 4.72 Å². The number of carboxylic acids is 1. The number of carbonyl (C=O) groups is 1. The largest absolute Gasteiger partial charge is 0.478 e. The lowest BCUT2D eigenvalue weighted by Gasteiger charge is -2.16. The second kappa shape index (κ2) is 7.31. The zero-order valence-electron chi connectivity index (χ0n) is 11.1. The van der Waals surface area contributed by atoms with Crippen molar-refractivity contribution in [1.82, 2.24) is 4.72 Å². The Morgan fingerprint density at radius 3 is 2.65 bits per heavy atom. The zero-order valence-corrected chi connectivity index (χ0v) is 13.5. The predicted molar refractivity (Wildman–Crippen MR) is 81.2 cm³/mol. The summed E-state index contributed by atoms with van der Waals surface area (Å²) in [6, 6.07) is 3.39. The van der Waals surface area contributed by atoms with Crippen molar-refractivity contribution in [3.05, 3.63) is 28.8 Å². The van der Waals surface area contributed by atoms with E-state index in [4.69, 9.17) is 16.7 Å². The Balaban J connectivity index is 3.14. The van der Waals surface area contributed by atoms with E-state index in [1.165, 1.54) is 23.9 Å². The summed E-state index contributed by atoms with van der Waals surface area (Å²) in [5.41, 5.74) is -0.118. The first-order valence-electron chi connectivity index (χ1n) is 5.86. The first-order valence-corrected chi connectivity index (χ1v) is 9.11. The number of benzene rings is 1. The number of thioether (sulfide) groups is 1. The molecule has 0 heterocycles. The molecule has 1 aromatic rings. The number of carboxylic acid groups (broad SMARTS) is 1. The normalized spacial score (nSPS) is 13.2. The Hall–Kier alpha value is -0.760. The molecule has 0 bridgehead atoms. The minimum Gasteiger partial charge on any atom is -0.478 e. The summed E-state index contributed by atoms with van der Waals surface area (Å²) in [6.45, 7) is 1.87. The van der Waals surface area contributed by atoms with Crippen molar-refractivity contribution in [3.63, 3.8) is 0 Å². The molecule has 0 aliphatic carbocycles. The van der Waals surface area contributed by atoms with Gasteiger partial charge in [0.2, 0.25) is 10.0 Å². The van der Waals surface area contributed by atoms with E-state index in [1.807, 2.05) is 13.2 Å². The van der Waals surface area contributed by atoms with E-state index in [0.717, 1.165) is 6.07 Å². The highest BCUT2D eigenvalue weighted by Crippen LogP contribution is 2.23. The smallest absolute Gasteiger partial charge is 0.335 e. The molecule has 1 unspecified atom stereocenters. The Bertz CT molecular complexity index is 589. The number of hydrogen-bond donors (Lipinski definition) is 2. The fraction of sp³-hybridized carbons (Fsp3) is 0.417. The highest BCUT2D eigenvalue weighted by atomic mass is 35.5. The predicted octanol–water partition coefficient (Wildman–Crippen LogP) is 2.46. The second-order valence-corrected chi connectivity index (χ2v) is 7.13. The van der Waals surface area contributed by atoms with E-state index in [9.17, 15) is 13.2 Å². The Kier molecular flexibility index (Phi) is 6.32. The van der Waals surface area contributed by atoms with Crippen molar-refractivity contribution in [1.29, 1.82) is 0 Å².